The Morgan fingerprint density at radius 1 is 0.623 bits per heavy atom. The number of nitriles is 1. The minimum absolute atomic E-state index is 0.336. The SMILES string of the molecule is CCCCCCOc1ccc(-c2ccc(N(c3ccc(-c4ccc(OCCCCCC)cc4)cc3)c3ccc(-c4sc(/C=C(/C#N)C(=O)O)c5c4OCCO5)cc3)cc2)cc1. The van der Waals surface area contributed by atoms with Crippen LogP contribution >= 0.6 is 11.3 Å². The van der Waals surface area contributed by atoms with E-state index in [1.54, 1.807) is 6.07 Å². The Morgan fingerprint density at radius 3 is 1.44 bits per heavy atom. The van der Waals surface area contributed by atoms with E-state index in [4.69, 9.17) is 18.9 Å². The molecule has 61 heavy (non-hydrogen) atoms. The van der Waals surface area contributed by atoms with Gasteiger partial charge in [-0.15, -0.1) is 11.3 Å². The summed E-state index contributed by atoms with van der Waals surface area (Å²) in [5, 5.41) is 19.0. The standard InChI is InChI=1S/C52H52N2O6S/c1-3-5-7-9-31-57-46-27-17-39(18-28-46)37-11-21-43(22-12-37)54(44-23-13-38(14-24-44)40-19-29-47(30-20-40)58-32-10-8-6-4-2)45-25-15-41(16-26-45)51-50-49(59-33-34-60-50)48(61-51)35-42(36-53)52(55)56/h11-30,35H,3-10,31-34H2,1-2H3,(H,55,56)/b42-35-. The molecule has 1 aliphatic heterocycles. The van der Waals surface area contributed by atoms with Gasteiger partial charge >= 0.3 is 5.97 Å². The molecule has 1 N–H and O–H groups in total. The van der Waals surface area contributed by atoms with Crippen LogP contribution in [0, 0.1) is 11.3 Å². The predicted octanol–water partition coefficient (Wildman–Crippen LogP) is 13.9. The maximum Gasteiger partial charge on any atom is 0.346 e. The largest absolute Gasteiger partial charge is 0.494 e. The number of thiophene rings is 1. The minimum Gasteiger partial charge on any atom is -0.494 e. The third-order valence-electron chi connectivity index (χ3n) is 10.6. The smallest absolute Gasteiger partial charge is 0.346 e. The molecule has 8 nitrogen and oxygen atoms in total. The summed E-state index contributed by atoms with van der Waals surface area (Å²) in [6.07, 6.45) is 10.8. The molecule has 0 spiro atoms. The highest BCUT2D eigenvalue weighted by Gasteiger charge is 2.26. The van der Waals surface area contributed by atoms with Crippen LogP contribution in [0.15, 0.2) is 127 Å². The van der Waals surface area contributed by atoms with E-state index in [2.05, 4.69) is 104 Å². The first-order chi connectivity index (χ1) is 29.9. The summed E-state index contributed by atoms with van der Waals surface area (Å²) in [5.41, 5.74) is 7.89. The molecule has 0 unspecified atom stereocenters. The number of nitrogens with zero attached hydrogens (tertiary/aromatic N) is 2. The second-order valence-electron chi connectivity index (χ2n) is 15.0. The van der Waals surface area contributed by atoms with Crippen LogP contribution in [-0.4, -0.2) is 37.5 Å². The molecule has 0 radical (unpaired) electrons. The van der Waals surface area contributed by atoms with Crippen molar-refractivity contribution in [1.82, 2.24) is 0 Å². The number of carbonyl (C=O) groups is 1. The molecule has 1 aliphatic rings. The molecule has 6 aromatic rings. The van der Waals surface area contributed by atoms with Gasteiger partial charge in [0, 0.05) is 17.1 Å². The Morgan fingerprint density at radius 2 is 1.03 bits per heavy atom. The molecule has 0 bridgehead atoms. The number of hydrogen-bond acceptors (Lipinski definition) is 8. The molecule has 0 aliphatic carbocycles. The Labute approximate surface area is 363 Å². The number of aliphatic carboxylic acids is 1. The van der Waals surface area contributed by atoms with Crippen LogP contribution in [0.2, 0.25) is 0 Å². The molecule has 0 atom stereocenters. The fourth-order valence-electron chi connectivity index (χ4n) is 7.27. The second kappa shape index (κ2) is 21.1. The van der Waals surface area contributed by atoms with E-state index in [0.29, 0.717) is 29.6 Å². The summed E-state index contributed by atoms with van der Waals surface area (Å²) in [7, 11) is 0. The van der Waals surface area contributed by atoms with E-state index in [-0.39, 0.29) is 5.57 Å². The van der Waals surface area contributed by atoms with Crippen molar-refractivity contribution in [2.45, 2.75) is 65.2 Å². The molecule has 9 heteroatoms. The van der Waals surface area contributed by atoms with E-state index in [1.807, 2.05) is 36.4 Å². The van der Waals surface area contributed by atoms with Gasteiger partial charge in [0.05, 0.1) is 23.0 Å². The average molecular weight is 833 g/mol. The topological polar surface area (TPSA) is 101 Å². The van der Waals surface area contributed by atoms with E-state index in [9.17, 15) is 15.2 Å². The van der Waals surface area contributed by atoms with Gasteiger partial charge in [-0.1, -0.05) is 113 Å². The molecule has 0 saturated carbocycles. The molecule has 0 fully saturated rings. The van der Waals surface area contributed by atoms with E-state index in [0.717, 1.165) is 87.3 Å². The quantitative estimate of drug-likeness (QED) is 0.0461. The van der Waals surface area contributed by atoms with E-state index in [1.165, 1.54) is 55.9 Å². The lowest BCUT2D eigenvalue weighted by Gasteiger charge is -2.26. The number of carboxylic acids is 1. The number of unbranched alkanes of at least 4 members (excludes halogenated alkanes) is 6. The lowest BCUT2D eigenvalue weighted by Crippen LogP contribution is -2.15. The maximum absolute atomic E-state index is 11.7. The second-order valence-corrected chi connectivity index (χ2v) is 16.0. The van der Waals surface area contributed by atoms with Gasteiger partial charge in [0.1, 0.15) is 36.4 Å². The number of benzene rings is 5. The summed E-state index contributed by atoms with van der Waals surface area (Å²) in [5.74, 6) is 1.50. The first kappa shape index (κ1) is 42.6. The van der Waals surface area contributed by atoms with E-state index >= 15 is 0 Å². The highest BCUT2D eigenvalue weighted by atomic mass is 32.1. The predicted molar refractivity (Wildman–Crippen MR) is 247 cm³/mol. The van der Waals surface area contributed by atoms with Crippen molar-refractivity contribution in [3.8, 4) is 61.8 Å². The maximum atomic E-state index is 11.7. The molecular weight excluding hydrogens is 781 g/mol. The monoisotopic (exact) mass is 832 g/mol. The zero-order valence-electron chi connectivity index (χ0n) is 34.9. The van der Waals surface area contributed by atoms with Crippen molar-refractivity contribution < 1.29 is 28.8 Å². The van der Waals surface area contributed by atoms with Crippen molar-refractivity contribution in [3.05, 3.63) is 132 Å². The first-order valence-corrected chi connectivity index (χ1v) is 22.1. The Bertz CT molecular complexity index is 2310. The third-order valence-corrected chi connectivity index (χ3v) is 11.7. The normalized spacial score (nSPS) is 12.1. The van der Waals surface area contributed by atoms with Crippen molar-refractivity contribution in [2.75, 3.05) is 31.3 Å². The molecular formula is C52H52N2O6S. The van der Waals surface area contributed by atoms with E-state index < -0.39 is 5.97 Å². The molecule has 2 heterocycles. The average Bonchev–Trinajstić information content (AvgIpc) is 3.67. The number of fused-ring (bicyclic) bond motifs is 1. The highest BCUT2D eigenvalue weighted by molar-refractivity contribution is 7.17. The summed E-state index contributed by atoms with van der Waals surface area (Å²) >= 11 is 1.34. The van der Waals surface area contributed by atoms with Gasteiger partial charge in [-0.05, 0) is 107 Å². The minimum atomic E-state index is -1.29. The van der Waals surface area contributed by atoms with Crippen LogP contribution in [-0.2, 0) is 4.79 Å². The lowest BCUT2D eigenvalue weighted by molar-refractivity contribution is -0.132. The van der Waals surface area contributed by atoms with Crippen LogP contribution in [0.25, 0.3) is 38.8 Å². The fraction of sp³-hybridized carbons (Fsp3) is 0.269. The summed E-state index contributed by atoms with van der Waals surface area (Å²) in [4.78, 5) is 15.2. The van der Waals surface area contributed by atoms with Crippen molar-refractivity contribution >= 4 is 40.4 Å². The van der Waals surface area contributed by atoms with Gasteiger partial charge in [0.15, 0.2) is 11.5 Å². The van der Waals surface area contributed by atoms with Crippen LogP contribution in [0.1, 0.15) is 70.1 Å². The van der Waals surface area contributed by atoms with Gasteiger partial charge in [-0.2, -0.15) is 5.26 Å². The third kappa shape index (κ3) is 10.8. The molecule has 0 saturated heterocycles. The molecule has 0 amide bonds. The number of carboxylic acid groups (broad SMARTS) is 1. The summed E-state index contributed by atoms with van der Waals surface area (Å²) in [6.45, 7) is 6.60. The molecule has 1 aromatic heterocycles. The van der Waals surface area contributed by atoms with Crippen molar-refractivity contribution in [1.29, 1.82) is 5.26 Å². The van der Waals surface area contributed by atoms with Crippen LogP contribution in [0.3, 0.4) is 0 Å². The number of hydrogen-bond donors (Lipinski definition) is 1. The Hall–Kier alpha value is -6.50. The van der Waals surface area contributed by atoms with Gasteiger partial charge in [-0.25, -0.2) is 4.79 Å². The van der Waals surface area contributed by atoms with Gasteiger partial charge < -0.3 is 29.0 Å². The summed E-state index contributed by atoms with van der Waals surface area (Å²) in [6, 6.07) is 43.8. The van der Waals surface area contributed by atoms with Gasteiger partial charge in [0.2, 0.25) is 0 Å². The van der Waals surface area contributed by atoms with Crippen molar-refractivity contribution in [3.63, 3.8) is 0 Å². The summed E-state index contributed by atoms with van der Waals surface area (Å²) < 4.78 is 24.0. The van der Waals surface area contributed by atoms with Crippen LogP contribution in [0.4, 0.5) is 17.1 Å². The number of ether oxygens (including phenoxy) is 4. The van der Waals surface area contributed by atoms with Gasteiger partial charge in [-0.3, -0.25) is 0 Å². The number of rotatable bonds is 20. The number of anilines is 3. The van der Waals surface area contributed by atoms with Crippen molar-refractivity contribution in [2.24, 2.45) is 0 Å². The molecule has 5 aromatic carbocycles. The zero-order valence-corrected chi connectivity index (χ0v) is 35.7. The molecule has 312 valence electrons. The van der Waals surface area contributed by atoms with Gasteiger partial charge in [0.25, 0.3) is 0 Å². The van der Waals surface area contributed by atoms with Crippen LogP contribution in [0.5, 0.6) is 23.0 Å². The van der Waals surface area contributed by atoms with Crippen LogP contribution < -0.4 is 23.8 Å². The Balaban J connectivity index is 1.16. The Kier molecular flexibility index (Phi) is 14.8. The fourth-order valence-corrected chi connectivity index (χ4v) is 8.41. The zero-order chi connectivity index (χ0) is 42.4. The lowest BCUT2D eigenvalue weighted by atomic mass is 10.0. The highest BCUT2D eigenvalue weighted by Crippen LogP contribution is 2.50. The first-order valence-electron chi connectivity index (χ1n) is 21.3. The molecule has 7 rings (SSSR count).